The number of carbonyl (C=O) groups is 5. The van der Waals surface area contributed by atoms with E-state index in [-0.39, 0.29) is 12.2 Å². The molecule has 230 valence electrons. The molecule has 3 aromatic carbocycles. The molecule has 1 aliphatic rings. The van der Waals surface area contributed by atoms with Crippen molar-refractivity contribution in [2.45, 2.75) is 30.0 Å². The van der Waals surface area contributed by atoms with Crippen LogP contribution in [0.25, 0.3) is 0 Å². The molecule has 1 fully saturated rings. The maximum Gasteiger partial charge on any atom is 0.398 e. The van der Waals surface area contributed by atoms with Gasteiger partial charge in [-0.25, -0.2) is 14.4 Å². The highest BCUT2D eigenvalue weighted by Crippen LogP contribution is 2.28. The fraction of sp³-hybridized carbons (Fsp3) is 0.226. The first kappa shape index (κ1) is 31.2. The quantitative estimate of drug-likeness (QED) is 0.105. The number of rotatable bonds is 12. The summed E-state index contributed by atoms with van der Waals surface area (Å²) in [6, 6.07) is 25.2. The summed E-state index contributed by atoms with van der Waals surface area (Å²) in [4.78, 5) is 65.7. The van der Waals surface area contributed by atoms with Gasteiger partial charge in [0.25, 0.3) is 5.91 Å². The number of Topliss-reactive ketones (excluding diaryl/α,β-unsaturated/α-hetero) is 1. The zero-order valence-electron chi connectivity index (χ0n) is 24.0. The Bertz CT molecular complexity index is 1630. The molecular weight excluding hydrogens is 600 g/mol. The van der Waals surface area contributed by atoms with Gasteiger partial charge in [-0.3, -0.25) is 19.2 Å². The molecule has 5 rings (SSSR count). The van der Waals surface area contributed by atoms with Gasteiger partial charge in [-0.15, -0.1) is 5.10 Å². The van der Waals surface area contributed by atoms with Crippen molar-refractivity contribution in [2.75, 3.05) is 12.4 Å². The van der Waals surface area contributed by atoms with Crippen molar-refractivity contribution in [2.24, 2.45) is 7.05 Å². The van der Waals surface area contributed by atoms with Crippen LogP contribution in [0.15, 0.2) is 96.2 Å². The average Bonchev–Trinajstić information content (AvgIpc) is 3.48. The van der Waals surface area contributed by atoms with E-state index >= 15 is 0 Å². The summed E-state index contributed by atoms with van der Waals surface area (Å²) in [5, 5.41) is 14.0. The maximum absolute atomic E-state index is 13.4. The fourth-order valence-corrected chi connectivity index (χ4v) is 5.23. The summed E-state index contributed by atoms with van der Waals surface area (Å²) in [6.45, 7) is -0.517. The number of esters is 1. The summed E-state index contributed by atoms with van der Waals surface area (Å²) in [7, 11) is 1.62. The van der Waals surface area contributed by atoms with E-state index in [1.54, 1.807) is 98.0 Å². The summed E-state index contributed by atoms with van der Waals surface area (Å²) in [5.41, 5.74) is 1.92. The average molecular weight is 629 g/mol. The van der Waals surface area contributed by atoms with Gasteiger partial charge < -0.3 is 14.8 Å². The van der Waals surface area contributed by atoms with Gasteiger partial charge >= 0.3 is 11.9 Å². The molecule has 3 amide bonds. The van der Waals surface area contributed by atoms with Crippen LogP contribution >= 0.6 is 11.8 Å². The lowest BCUT2D eigenvalue weighted by Crippen LogP contribution is -2.74. The van der Waals surface area contributed by atoms with Gasteiger partial charge in [-0.05, 0) is 27.1 Å². The number of hydrogen-bond acceptors (Lipinski definition) is 11. The molecular formula is C31H28N6O7S. The van der Waals surface area contributed by atoms with Gasteiger partial charge in [0.1, 0.15) is 6.61 Å². The van der Waals surface area contributed by atoms with Crippen LogP contribution in [-0.4, -0.2) is 79.2 Å². The summed E-state index contributed by atoms with van der Waals surface area (Å²) >= 11 is 1.07. The Labute approximate surface area is 261 Å². The molecule has 1 aliphatic heterocycles. The molecule has 1 aromatic heterocycles. The number of likely N-dealkylation sites (tertiary alicyclic amines) is 1. The van der Waals surface area contributed by atoms with Crippen LogP contribution in [-0.2, 0) is 46.9 Å². The van der Waals surface area contributed by atoms with E-state index in [4.69, 9.17) is 9.47 Å². The van der Waals surface area contributed by atoms with Crippen molar-refractivity contribution < 1.29 is 33.4 Å². The Kier molecular flexibility index (Phi) is 10.1. The summed E-state index contributed by atoms with van der Waals surface area (Å²) < 4.78 is 12.7. The third kappa shape index (κ3) is 7.66. The second-order valence-electron chi connectivity index (χ2n) is 9.94. The predicted molar refractivity (Wildman–Crippen MR) is 159 cm³/mol. The molecule has 14 heteroatoms. The SMILES string of the molecule is Cn1nnnc1SCC(=O)COC1C(NC(=O)Cc2ccccc2)C(=O)N1C(=O)C(=O)OC(c1ccccc1)c1ccccc1. The van der Waals surface area contributed by atoms with Crippen LogP contribution in [0, 0.1) is 0 Å². The van der Waals surface area contributed by atoms with Crippen molar-refractivity contribution in [1.82, 2.24) is 30.4 Å². The minimum atomic E-state index is -1.42. The van der Waals surface area contributed by atoms with Crippen LogP contribution in [0.1, 0.15) is 22.8 Å². The van der Waals surface area contributed by atoms with Gasteiger partial charge in [0.15, 0.2) is 24.2 Å². The van der Waals surface area contributed by atoms with Crippen molar-refractivity contribution >= 4 is 41.2 Å². The third-order valence-electron chi connectivity index (χ3n) is 6.75. The van der Waals surface area contributed by atoms with Gasteiger partial charge in [-0.1, -0.05) is 103 Å². The molecule has 0 spiro atoms. The van der Waals surface area contributed by atoms with Gasteiger partial charge in [0.2, 0.25) is 11.1 Å². The smallest absolute Gasteiger partial charge is 0.398 e. The highest BCUT2D eigenvalue weighted by molar-refractivity contribution is 7.99. The second-order valence-corrected chi connectivity index (χ2v) is 10.9. The monoisotopic (exact) mass is 628 g/mol. The van der Waals surface area contributed by atoms with Crippen molar-refractivity contribution in [3.63, 3.8) is 0 Å². The molecule has 2 atom stereocenters. The predicted octanol–water partition coefficient (Wildman–Crippen LogP) is 1.64. The summed E-state index contributed by atoms with van der Waals surface area (Å²) in [5.74, 6) is -4.44. The molecule has 4 aromatic rings. The first-order valence-corrected chi connectivity index (χ1v) is 14.8. The van der Waals surface area contributed by atoms with Crippen molar-refractivity contribution in [1.29, 1.82) is 0 Å². The van der Waals surface area contributed by atoms with Crippen molar-refractivity contribution in [3.05, 3.63) is 108 Å². The number of thioether (sulfide) groups is 1. The van der Waals surface area contributed by atoms with E-state index in [0.717, 1.165) is 11.8 Å². The maximum atomic E-state index is 13.4. The lowest BCUT2D eigenvalue weighted by atomic mass is 10.0. The van der Waals surface area contributed by atoms with Crippen LogP contribution in [0.3, 0.4) is 0 Å². The number of ether oxygens (including phenoxy) is 2. The second kappa shape index (κ2) is 14.5. The number of imide groups is 1. The number of β-lactam (4-membered cyclic amide) rings is 1. The molecule has 1 N–H and O–H groups in total. The van der Waals surface area contributed by atoms with E-state index in [1.165, 1.54) is 4.68 Å². The lowest BCUT2D eigenvalue weighted by molar-refractivity contribution is -0.196. The Morgan fingerprint density at radius 2 is 1.51 bits per heavy atom. The third-order valence-corrected chi connectivity index (χ3v) is 7.82. The van der Waals surface area contributed by atoms with Crippen LogP contribution in [0.5, 0.6) is 0 Å². The fourth-order valence-electron chi connectivity index (χ4n) is 4.54. The minimum Gasteiger partial charge on any atom is -0.445 e. The van der Waals surface area contributed by atoms with Crippen LogP contribution in [0.4, 0.5) is 0 Å². The number of nitrogens with one attached hydrogen (secondary N) is 1. The molecule has 0 aliphatic carbocycles. The Balaban J connectivity index is 1.29. The standard InChI is InChI=1S/C31H28N6O7S/c1-36-31(33-34-35-36)45-19-23(38)18-43-29-25(32-24(39)17-20-11-5-2-6-12-20)27(40)37(29)28(41)30(42)44-26(21-13-7-3-8-14-21)22-15-9-4-10-16-22/h2-16,25-26,29H,17-19H2,1H3,(H,32,39). The number of tetrazole rings is 1. The van der Waals surface area contributed by atoms with E-state index in [9.17, 15) is 24.0 Å². The summed E-state index contributed by atoms with van der Waals surface area (Å²) in [6.07, 6.45) is -2.39. The van der Waals surface area contributed by atoms with E-state index in [0.29, 0.717) is 26.7 Å². The van der Waals surface area contributed by atoms with Crippen molar-refractivity contribution in [3.8, 4) is 0 Å². The number of hydrogen-bond donors (Lipinski definition) is 1. The number of ketones is 1. The number of benzene rings is 3. The molecule has 45 heavy (non-hydrogen) atoms. The Morgan fingerprint density at radius 1 is 0.911 bits per heavy atom. The topological polar surface area (TPSA) is 163 Å². The molecule has 2 unspecified atom stereocenters. The zero-order chi connectivity index (χ0) is 31.8. The molecule has 2 heterocycles. The number of nitrogens with zero attached hydrogens (tertiary/aromatic N) is 5. The number of aromatic nitrogens is 4. The van der Waals surface area contributed by atoms with Gasteiger partial charge in [0.05, 0.1) is 12.2 Å². The Hall–Kier alpha value is -5.21. The first-order chi connectivity index (χ1) is 21.8. The number of amides is 3. The minimum absolute atomic E-state index is 0.0372. The highest BCUT2D eigenvalue weighted by atomic mass is 32.2. The van der Waals surface area contributed by atoms with E-state index in [2.05, 4.69) is 20.8 Å². The van der Waals surface area contributed by atoms with Gasteiger partial charge in [0, 0.05) is 7.05 Å². The van der Waals surface area contributed by atoms with Crippen LogP contribution in [0.2, 0.25) is 0 Å². The number of carbonyl (C=O) groups excluding carboxylic acids is 5. The largest absolute Gasteiger partial charge is 0.445 e. The molecule has 0 radical (unpaired) electrons. The highest BCUT2D eigenvalue weighted by Gasteiger charge is 2.55. The van der Waals surface area contributed by atoms with Crippen LogP contribution < -0.4 is 5.32 Å². The number of aryl methyl sites for hydroxylation is 1. The van der Waals surface area contributed by atoms with E-state index < -0.39 is 54.5 Å². The van der Waals surface area contributed by atoms with E-state index in [1.807, 2.05) is 0 Å². The lowest BCUT2D eigenvalue weighted by Gasteiger charge is -2.44. The molecule has 0 saturated carbocycles. The molecule has 1 saturated heterocycles. The van der Waals surface area contributed by atoms with Gasteiger partial charge in [-0.2, -0.15) is 0 Å². The Morgan fingerprint density at radius 3 is 2.09 bits per heavy atom. The first-order valence-electron chi connectivity index (χ1n) is 13.8. The zero-order valence-corrected chi connectivity index (χ0v) is 24.8. The molecule has 0 bridgehead atoms. The molecule has 13 nitrogen and oxygen atoms in total. The normalized spacial score (nSPS) is 15.8.